The lowest BCUT2D eigenvalue weighted by Gasteiger charge is -2.26. The number of carbonyl (C=O) groups is 2. The number of pyridine rings is 1. The Morgan fingerprint density at radius 3 is 2.35 bits per heavy atom. The number of nitrogens with zero attached hydrogens (tertiary/aromatic N) is 4. The van der Waals surface area contributed by atoms with Crippen LogP contribution in [0.15, 0.2) is 54.7 Å². The van der Waals surface area contributed by atoms with Crippen LogP contribution in [0.25, 0.3) is 10.9 Å². The van der Waals surface area contributed by atoms with Crippen molar-refractivity contribution in [1.82, 2.24) is 9.88 Å². The van der Waals surface area contributed by atoms with Crippen LogP contribution >= 0.6 is 0 Å². The Kier molecular flexibility index (Phi) is 4.92. The van der Waals surface area contributed by atoms with Gasteiger partial charge in [-0.1, -0.05) is 18.2 Å². The third-order valence-electron chi connectivity index (χ3n) is 6.25. The summed E-state index contributed by atoms with van der Waals surface area (Å²) < 4.78 is 41.3. The van der Waals surface area contributed by atoms with E-state index in [9.17, 15) is 22.8 Å². The summed E-state index contributed by atoms with van der Waals surface area (Å²) in [7, 11) is 3.77. The van der Waals surface area contributed by atoms with Gasteiger partial charge in [0.25, 0.3) is 5.91 Å². The average molecular weight is 470 g/mol. The highest BCUT2D eigenvalue weighted by atomic mass is 19.4. The van der Waals surface area contributed by atoms with E-state index in [0.29, 0.717) is 12.8 Å². The number of urea groups is 1. The third kappa shape index (κ3) is 3.59. The summed E-state index contributed by atoms with van der Waals surface area (Å²) in [5.74, 6) is -0.793. The third-order valence-corrected chi connectivity index (χ3v) is 6.25. The fourth-order valence-corrected chi connectivity index (χ4v) is 4.46. The molecule has 5 rings (SSSR count). The second-order valence-corrected chi connectivity index (χ2v) is 8.62. The molecule has 2 aromatic carbocycles. The summed E-state index contributed by atoms with van der Waals surface area (Å²) in [4.78, 5) is 35.9. The van der Waals surface area contributed by atoms with Crippen molar-refractivity contribution in [2.75, 3.05) is 23.9 Å². The summed E-state index contributed by atoms with van der Waals surface area (Å²) in [6.45, 7) is 0.201. The van der Waals surface area contributed by atoms with Gasteiger partial charge in [0, 0.05) is 25.0 Å². The molecule has 2 fully saturated rings. The smallest absolute Gasteiger partial charge is 0.406 e. The first-order valence-corrected chi connectivity index (χ1v) is 10.7. The number of imide groups is 1. The molecule has 3 amide bonds. The molecule has 2 aliphatic rings. The number of rotatable bonds is 5. The molecule has 1 saturated heterocycles. The van der Waals surface area contributed by atoms with Crippen molar-refractivity contribution in [3.8, 4) is 5.75 Å². The largest absolute Gasteiger partial charge is 0.573 e. The number of amides is 3. The van der Waals surface area contributed by atoms with Gasteiger partial charge < -0.3 is 14.5 Å². The van der Waals surface area contributed by atoms with Crippen LogP contribution in [0.3, 0.4) is 0 Å². The molecule has 1 saturated carbocycles. The molecule has 176 valence electrons. The molecule has 3 aromatic rings. The Balaban J connectivity index is 1.50. The number of carbonyl (C=O) groups excluding carboxylic acids is 2. The van der Waals surface area contributed by atoms with E-state index in [1.807, 2.05) is 43.3 Å². The maximum absolute atomic E-state index is 13.5. The second kappa shape index (κ2) is 7.61. The number of benzene rings is 2. The minimum Gasteiger partial charge on any atom is -0.406 e. The van der Waals surface area contributed by atoms with E-state index >= 15 is 0 Å². The predicted octanol–water partition coefficient (Wildman–Crippen LogP) is 4.70. The lowest BCUT2D eigenvalue weighted by Crippen LogP contribution is -2.37. The Hall–Kier alpha value is -3.82. The molecule has 1 aromatic heterocycles. The van der Waals surface area contributed by atoms with Gasteiger partial charge in [0.05, 0.1) is 29.6 Å². The molecule has 1 aliphatic heterocycles. The van der Waals surface area contributed by atoms with Crippen LogP contribution < -0.4 is 14.5 Å². The number of hydrogen-bond acceptors (Lipinski definition) is 5. The number of halogens is 3. The monoisotopic (exact) mass is 470 g/mol. The molecule has 0 N–H and O–H groups in total. The number of aromatic nitrogens is 1. The molecular weight excluding hydrogens is 449 g/mol. The maximum Gasteiger partial charge on any atom is 0.573 e. The van der Waals surface area contributed by atoms with E-state index in [1.165, 1.54) is 12.1 Å². The van der Waals surface area contributed by atoms with Crippen LogP contribution in [0, 0.1) is 0 Å². The first-order chi connectivity index (χ1) is 16.1. The van der Waals surface area contributed by atoms with Crippen molar-refractivity contribution in [1.29, 1.82) is 0 Å². The normalized spacial score (nSPS) is 17.1. The minimum absolute atomic E-state index is 0.200. The first kappa shape index (κ1) is 22.0. The average Bonchev–Trinajstić information content (AvgIpc) is 3.55. The van der Waals surface area contributed by atoms with Crippen LogP contribution in [-0.4, -0.2) is 47.8 Å². The number of fused-ring (bicyclic) bond motifs is 1. The van der Waals surface area contributed by atoms with Crippen LogP contribution in [-0.2, 0) is 11.3 Å². The molecule has 10 heteroatoms. The van der Waals surface area contributed by atoms with Crippen molar-refractivity contribution in [3.05, 3.63) is 60.3 Å². The molecule has 1 spiro atoms. The van der Waals surface area contributed by atoms with Crippen LogP contribution in [0.5, 0.6) is 5.75 Å². The number of ether oxygens (including phenoxy) is 1. The Bertz CT molecular complexity index is 1290. The zero-order valence-corrected chi connectivity index (χ0v) is 18.5. The van der Waals surface area contributed by atoms with Gasteiger partial charge in [-0.3, -0.25) is 9.78 Å². The number of anilines is 2. The quantitative estimate of drug-likeness (QED) is 0.506. The van der Waals surface area contributed by atoms with Gasteiger partial charge >= 0.3 is 12.4 Å². The molecule has 34 heavy (non-hydrogen) atoms. The summed E-state index contributed by atoms with van der Waals surface area (Å²) in [6, 6.07) is 11.8. The second-order valence-electron chi connectivity index (χ2n) is 8.62. The molecule has 0 atom stereocenters. The van der Waals surface area contributed by atoms with Gasteiger partial charge in [-0.05, 0) is 43.2 Å². The Labute approximate surface area is 193 Å². The van der Waals surface area contributed by atoms with Crippen molar-refractivity contribution in [2.45, 2.75) is 31.3 Å². The first-order valence-electron chi connectivity index (χ1n) is 10.7. The summed E-state index contributed by atoms with van der Waals surface area (Å²) in [5.41, 5.74) is 1.75. The Morgan fingerprint density at radius 1 is 1.06 bits per heavy atom. The van der Waals surface area contributed by atoms with E-state index in [-0.39, 0.29) is 18.1 Å². The van der Waals surface area contributed by atoms with E-state index < -0.39 is 23.7 Å². The number of para-hydroxylation sites is 1. The van der Waals surface area contributed by atoms with Crippen molar-refractivity contribution >= 4 is 34.2 Å². The maximum atomic E-state index is 13.5. The topological polar surface area (TPSA) is 66.0 Å². The van der Waals surface area contributed by atoms with E-state index in [2.05, 4.69) is 9.72 Å². The molecule has 0 bridgehead atoms. The highest BCUT2D eigenvalue weighted by Gasteiger charge is 2.65. The van der Waals surface area contributed by atoms with E-state index in [1.54, 1.807) is 11.1 Å². The highest BCUT2D eigenvalue weighted by Crippen LogP contribution is 2.50. The van der Waals surface area contributed by atoms with Gasteiger partial charge in [-0.15, -0.1) is 13.2 Å². The minimum atomic E-state index is -4.83. The number of hydrogen-bond donors (Lipinski definition) is 0. The predicted molar refractivity (Wildman–Crippen MR) is 120 cm³/mol. The molecule has 2 heterocycles. The van der Waals surface area contributed by atoms with Crippen molar-refractivity contribution in [2.24, 2.45) is 0 Å². The van der Waals surface area contributed by atoms with Gasteiger partial charge in [0.2, 0.25) is 0 Å². The van der Waals surface area contributed by atoms with Gasteiger partial charge in [-0.2, -0.15) is 0 Å². The fraction of sp³-hybridized carbons (Fsp3) is 0.292. The summed E-state index contributed by atoms with van der Waals surface area (Å²) in [6.07, 6.45) is -2.02. The number of alkyl halides is 3. The van der Waals surface area contributed by atoms with Crippen LogP contribution in [0.2, 0.25) is 0 Å². The fourth-order valence-electron chi connectivity index (χ4n) is 4.46. The van der Waals surface area contributed by atoms with Crippen LogP contribution in [0.1, 0.15) is 18.4 Å². The van der Waals surface area contributed by atoms with Crippen molar-refractivity contribution in [3.63, 3.8) is 0 Å². The molecule has 1 aliphatic carbocycles. The SMILES string of the molecule is CN(C)c1cnc2ccccc2c1CN1C(=O)N(c2ccc(OC(F)(F)F)cc2)C(=O)C12CC2. The Morgan fingerprint density at radius 2 is 1.74 bits per heavy atom. The van der Waals surface area contributed by atoms with Crippen LogP contribution in [0.4, 0.5) is 29.3 Å². The van der Waals surface area contributed by atoms with Gasteiger partial charge in [0.1, 0.15) is 11.3 Å². The zero-order chi connectivity index (χ0) is 24.3. The van der Waals surface area contributed by atoms with Gasteiger partial charge in [0.15, 0.2) is 0 Å². The zero-order valence-electron chi connectivity index (χ0n) is 18.5. The van der Waals surface area contributed by atoms with E-state index in [4.69, 9.17) is 0 Å². The van der Waals surface area contributed by atoms with E-state index in [0.717, 1.165) is 39.2 Å². The summed E-state index contributed by atoms with van der Waals surface area (Å²) in [5, 5.41) is 0.886. The molecule has 0 radical (unpaired) electrons. The molecule has 7 nitrogen and oxygen atoms in total. The lowest BCUT2D eigenvalue weighted by molar-refractivity contribution is -0.274. The van der Waals surface area contributed by atoms with Crippen molar-refractivity contribution < 1.29 is 27.5 Å². The standard InChI is InChI=1S/C24H21F3N4O3/c1-29(2)20-13-28-19-6-4-3-5-17(19)18(20)14-30-22(33)31(21(32)23(30)11-12-23)15-7-9-16(10-8-15)34-24(25,26)27/h3-10,13H,11-12,14H2,1-2H3. The van der Waals surface area contributed by atoms with Gasteiger partial charge in [-0.25, -0.2) is 9.69 Å². The molecular formula is C24H21F3N4O3. The summed E-state index contributed by atoms with van der Waals surface area (Å²) >= 11 is 0. The highest BCUT2D eigenvalue weighted by molar-refractivity contribution is 6.24. The lowest BCUT2D eigenvalue weighted by atomic mass is 10.1. The molecule has 0 unspecified atom stereocenters.